The van der Waals surface area contributed by atoms with Gasteiger partial charge in [0.25, 0.3) is 5.91 Å². The molecule has 0 radical (unpaired) electrons. The molecule has 1 amide bonds. The van der Waals surface area contributed by atoms with E-state index in [4.69, 9.17) is 0 Å². The number of carbonyl (C=O) groups excluding carboxylic acids is 1. The molecule has 0 saturated heterocycles. The number of unbranched alkanes of at least 4 members (excludes halogenated alkanes) is 1. The van der Waals surface area contributed by atoms with Crippen molar-refractivity contribution in [2.45, 2.75) is 53.0 Å². The van der Waals surface area contributed by atoms with Crippen LogP contribution in [0.1, 0.15) is 56.1 Å². The third kappa shape index (κ3) is 3.66. The van der Waals surface area contributed by atoms with E-state index in [1.54, 1.807) is 31.3 Å². The van der Waals surface area contributed by atoms with Crippen LogP contribution in [0.25, 0.3) is 5.69 Å². The summed E-state index contributed by atoms with van der Waals surface area (Å²) in [5.41, 5.74) is 1.56. The first-order chi connectivity index (χ1) is 11.5. The highest BCUT2D eigenvalue weighted by Crippen LogP contribution is 2.20. The number of benzene rings is 1. The lowest BCUT2D eigenvalue weighted by Crippen LogP contribution is -2.39. The summed E-state index contributed by atoms with van der Waals surface area (Å²) in [6.07, 6.45) is 4.45. The topological polar surface area (TPSA) is 38.1 Å². The van der Waals surface area contributed by atoms with E-state index >= 15 is 0 Å². The van der Waals surface area contributed by atoms with Gasteiger partial charge >= 0.3 is 0 Å². The molecular weight excluding hydrogens is 305 g/mol. The van der Waals surface area contributed by atoms with E-state index in [-0.39, 0.29) is 17.8 Å². The number of rotatable bonds is 7. The molecule has 0 N–H and O–H groups in total. The Morgan fingerprint density at radius 1 is 1.33 bits per heavy atom. The van der Waals surface area contributed by atoms with Gasteiger partial charge in [-0.05, 0) is 38.8 Å². The molecule has 1 atom stereocenters. The van der Waals surface area contributed by atoms with E-state index in [1.165, 1.54) is 10.7 Å². The van der Waals surface area contributed by atoms with Gasteiger partial charge in [0.05, 0.1) is 17.5 Å². The molecule has 1 unspecified atom stereocenters. The van der Waals surface area contributed by atoms with Crippen molar-refractivity contribution in [2.24, 2.45) is 0 Å². The van der Waals surface area contributed by atoms with Gasteiger partial charge in [0.15, 0.2) is 0 Å². The Hall–Kier alpha value is -2.17. The maximum absolute atomic E-state index is 14.0. The number of para-hydroxylation sites is 1. The first kappa shape index (κ1) is 18.2. The third-order valence-electron chi connectivity index (χ3n) is 4.46. The van der Waals surface area contributed by atoms with Crippen LogP contribution in [0.15, 0.2) is 30.5 Å². The number of carbonyl (C=O) groups is 1. The van der Waals surface area contributed by atoms with Crippen LogP contribution in [0.4, 0.5) is 4.39 Å². The second kappa shape index (κ2) is 8.08. The first-order valence-corrected chi connectivity index (χ1v) is 8.61. The highest BCUT2D eigenvalue weighted by atomic mass is 19.1. The number of amides is 1. The lowest BCUT2D eigenvalue weighted by Gasteiger charge is -2.28. The largest absolute Gasteiger partial charge is 0.336 e. The van der Waals surface area contributed by atoms with Gasteiger partial charge in [-0.2, -0.15) is 5.10 Å². The fourth-order valence-electron chi connectivity index (χ4n) is 2.71. The Balaban J connectivity index is 2.35. The number of hydrogen-bond acceptors (Lipinski definition) is 2. The fourth-order valence-corrected chi connectivity index (χ4v) is 2.71. The van der Waals surface area contributed by atoms with Crippen molar-refractivity contribution in [3.05, 3.63) is 47.5 Å². The molecule has 24 heavy (non-hydrogen) atoms. The van der Waals surface area contributed by atoms with E-state index < -0.39 is 0 Å². The Kier molecular flexibility index (Phi) is 6.12. The summed E-state index contributed by atoms with van der Waals surface area (Å²) >= 11 is 0. The van der Waals surface area contributed by atoms with Crippen molar-refractivity contribution in [1.82, 2.24) is 14.7 Å². The van der Waals surface area contributed by atoms with Crippen LogP contribution in [-0.2, 0) is 0 Å². The monoisotopic (exact) mass is 331 g/mol. The van der Waals surface area contributed by atoms with Crippen molar-refractivity contribution < 1.29 is 9.18 Å². The highest BCUT2D eigenvalue weighted by molar-refractivity contribution is 5.95. The summed E-state index contributed by atoms with van der Waals surface area (Å²) in [4.78, 5) is 14.9. The van der Waals surface area contributed by atoms with Crippen LogP contribution >= 0.6 is 0 Å². The third-order valence-corrected chi connectivity index (χ3v) is 4.46. The summed E-state index contributed by atoms with van der Waals surface area (Å²) in [5, 5.41) is 4.24. The minimum atomic E-state index is -0.354. The molecule has 0 saturated carbocycles. The van der Waals surface area contributed by atoms with Gasteiger partial charge < -0.3 is 4.90 Å². The first-order valence-electron chi connectivity index (χ1n) is 8.61. The standard InChI is InChI=1S/C19H26FN3O/c1-5-7-12-22(14(3)6-2)19(24)16-13-21-23(15(16)4)18-11-9-8-10-17(18)20/h8-11,13-14H,5-7,12H2,1-4H3. The smallest absolute Gasteiger partial charge is 0.257 e. The molecule has 1 aromatic heterocycles. The molecule has 2 rings (SSSR count). The predicted molar refractivity (Wildman–Crippen MR) is 94.0 cm³/mol. The molecule has 1 heterocycles. The Bertz CT molecular complexity index is 696. The zero-order chi connectivity index (χ0) is 17.7. The molecule has 0 aliphatic rings. The summed E-state index contributed by atoms with van der Waals surface area (Å²) in [6, 6.07) is 6.62. The van der Waals surface area contributed by atoms with Crippen molar-refractivity contribution >= 4 is 5.91 Å². The van der Waals surface area contributed by atoms with Crippen LogP contribution in [0.2, 0.25) is 0 Å². The second-order valence-electron chi connectivity index (χ2n) is 6.12. The number of nitrogens with zero attached hydrogens (tertiary/aromatic N) is 3. The Labute approximate surface area is 143 Å². The normalized spacial score (nSPS) is 12.2. The average Bonchev–Trinajstić information content (AvgIpc) is 2.96. The second-order valence-corrected chi connectivity index (χ2v) is 6.12. The molecule has 130 valence electrons. The maximum atomic E-state index is 14.0. The van der Waals surface area contributed by atoms with Crippen molar-refractivity contribution in [3.8, 4) is 5.69 Å². The molecule has 0 aliphatic carbocycles. The maximum Gasteiger partial charge on any atom is 0.257 e. The fraction of sp³-hybridized carbons (Fsp3) is 0.474. The number of hydrogen-bond donors (Lipinski definition) is 0. The summed E-state index contributed by atoms with van der Waals surface area (Å²) in [5.74, 6) is -0.384. The Morgan fingerprint density at radius 2 is 2.04 bits per heavy atom. The molecule has 1 aromatic carbocycles. The molecule has 0 fully saturated rings. The van der Waals surface area contributed by atoms with Crippen molar-refractivity contribution in [3.63, 3.8) is 0 Å². The zero-order valence-corrected chi connectivity index (χ0v) is 14.9. The highest BCUT2D eigenvalue weighted by Gasteiger charge is 2.24. The lowest BCUT2D eigenvalue weighted by atomic mass is 10.1. The van der Waals surface area contributed by atoms with Crippen LogP contribution < -0.4 is 0 Å². The van der Waals surface area contributed by atoms with E-state index in [1.807, 2.05) is 4.90 Å². The van der Waals surface area contributed by atoms with Crippen LogP contribution in [0, 0.1) is 12.7 Å². The minimum absolute atomic E-state index is 0.0297. The summed E-state index contributed by atoms with van der Waals surface area (Å²) in [7, 11) is 0. The number of halogens is 1. The van der Waals surface area contributed by atoms with Gasteiger partial charge in [-0.1, -0.05) is 32.4 Å². The van der Waals surface area contributed by atoms with Crippen LogP contribution in [-0.4, -0.2) is 33.2 Å². The molecule has 4 nitrogen and oxygen atoms in total. The molecular formula is C19H26FN3O. The van der Waals surface area contributed by atoms with Gasteiger partial charge in [-0.3, -0.25) is 4.79 Å². The quantitative estimate of drug-likeness (QED) is 0.756. The van der Waals surface area contributed by atoms with E-state index in [2.05, 4.69) is 25.9 Å². The zero-order valence-electron chi connectivity index (χ0n) is 14.9. The van der Waals surface area contributed by atoms with Crippen molar-refractivity contribution in [1.29, 1.82) is 0 Å². The van der Waals surface area contributed by atoms with Gasteiger partial charge in [0.2, 0.25) is 0 Å². The van der Waals surface area contributed by atoms with E-state index in [9.17, 15) is 9.18 Å². The lowest BCUT2D eigenvalue weighted by molar-refractivity contribution is 0.0684. The SMILES string of the molecule is CCCCN(C(=O)c1cnn(-c2ccccc2F)c1C)C(C)CC. The summed E-state index contributed by atoms with van der Waals surface area (Å²) in [6.45, 7) is 8.79. The Morgan fingerprint density at radius 3 is 2.67 bits per heavy atom. The average molecular weight is 331 g/mol. The van der Waals surface area contributed by atoms with Gasteiger partial charge in [-0.25, -0.2) is 9.07 Å². The number of aromatic nitrogens is 2. The van der Waals surface area contributed by atoms with Gasteiger partial charge in [0.1, 0.15) is 11.5 Å². The molecule has 0 aliphatic heterocycles. The van der Waals surface area contributed by atoms with Crippen molar-refractivity contribution in [2.75, 3.05) is 6.54 Å². The summed E-state index contributed by atoms with van der Waals surface area (Å²) < 4.78 is 15.5. The molecule has 2 aromatic rings. The molecule has 5 heteroatoms. The van der Waals surface area contributed by atoms with E-state index in [0.29, 0.717) is 16.9 Å². The van der Waals surface area contributed by atoms with Gasteiger partial charge in [-0.15, -0.1) is 0 Å². The van der Waals surface area contributed by atoms with E-state index in [0.717, 1.165) is 25.8 Å². The molecule has 0 spiro atoms. The van der Waals surface area contributed by atoms with Crippen LogP contribution in [0.5, 0.6) is 0 Å². The minimum Gasteiger partial charge on any atom is -0.336 e. The molecule has 0 bridgehead atoms. The van der Waals surface area contributed by atoms with Gasteiger partial charge in [0, 0.05) is 12.6 Å². The predicted octanol–water partition coefficient (Wildman–Crippen LogP) is 4.36. The van der Waals surface area contributed by atoms with Crippen LogP contribution in [0.3, 0.4) is 0 Å².